The van der Waals surface area contributed by atoms with Crippen molar-refractivity contribution in [2.45, 2.75) is 49.2 Å². The molecule has 2 saturated heterocycles. The molecule has 2 aliphatic heterocycles. The van der Waals surface area contributed by atoms with Crippen LogP contribution >= 0.6 is 26.2 Å². The van der Waals surface area contributed by atoms with E-state index < -0.39 is 87.5 Å². The number of halogens is 2. The van der Waals surface area contributed by atoms with Crippen LogP contribution in [0.15, 0.2) is 15.9 Å². The molecule has 6 N–H and O–H groups in total. The highest BCUT2D eigenvalue weighted by Gasteiger charge is 2.54. The molecule has 0 saturated carbocycles. The molecule has 0 radical (unpaired) electrons. The molecule has 45 heavy (non-hydrogen) atoms. The van der Waals surface area contributed by atoms with Gasteiger partial charge >= 0.3 is 13.9 Å². The van der Waals surface area contributed by atoms with Crippen LogP contribution in [-0.2, 0) is 39.4 Å². The first kappa shape index (κ1) is 32.0. The number of H-pyrrole nitrogens is 2. The zero-order valence-corrected chi connectivity index (χ0v) is 25.4. The number of rotatable bonds is 10. The molecule has 242 valence electrons. The van der Waals surface area contributed by atoms with Crippen LogP contribution in [0.2, 0.25) is 0 Å². The smallest absolute Gasteiger partial charge is 0.394 e. The fourth-order valence-corrected chi connectivity index (χ4v) is 6.93. The number of aliphatic hydroxyl groups excluding tert-OH is 1. The Morgan fingerprint density at radius 3 is 2.44 bits per heavy atom. The molecule has 2 fully saturated rings. The number of hydrogen-bond acceptors (Lipinski definition) is 17. The standard InChI is InChI=1S/C18H19F2N11O10P2S2/c19-6-4(1-32)38-17(31-13-9(27-29-31)15(34)25-18(21)24-13)11(6)41-43(36,45)37-2-5-10(40-42(35)44)7(20)16(39-5)30-12-8(26-28-30)14(33)23-3-22-12/h3-7,10-11,16-17,32H,1-2H2,(H5-,21,22,23,24,25,28,29,33,34,35,36,44,45)/p+1/t4-,5-,6-,7+,10-,11-,16-,17-,43?/m1/s1. The van der Waals surface area contributed by atoms with Gasteiger partial charge in [-0.05, 0) is 16.4 Å². The number of anilines is 1. The topological polar surface area (TPSA) is 283 Å². The molecule has 27 heteroatoms. The normalized spacial score (nSPS) is 30.3. The number of nitrogens with zero attached hydrogens (tertiary/aromatic N) is 8. The van der Waals surface area contributed by atoms with Crippen molar-refractivity contribution in [2.75, 3.05) is 18.9 Å². The maximum atomic E-state index is 15.6. The predicted octanol–water partition coefficient (Wildman–Crippen LogP) is -1.32. The average Bonchev–Trinajstić information content (AvgIpc) is 3.73. The second-order valence-electron chi connectivity index (χ2n) is 9.44. The lowest BCUT2D eigenvalue weighted by molar-refractivity contribution is -0.0601. The summed E-state index contributed by atoms with van der Waals surface area (Å²) in [5, 5.41) is 24.4. The summed E-state index contributed by atoms with van der Waals surface area (Å²) < 4.78 is 71.5. The van der Waals surface area contributed by atoms with Crippen molar-refractivity contribution >= 4 is 66.3 Å². The van der Waals surface area contributed by atoms with E-state index >= 15 is 8.78 Å². The summed E-state index contributed by atoms with van der Waals surface area (Å²) in [5.41, 5.74) is 3.31. The summed E-state index contributed by atoms with van der Waals surface area (Å²) in [5.74, 6) is -0.320. The molecular weight excluding hydrogens is 694 g/mol. The van der Waals surface area contributed by atoms with E-state index in [0.717, 1.165) is 15.7 Å². The zero-order chi connectivity index (χ0) is 32.2. The minimum atomic E-state index is -4.48. The highest BCUT2D eigenvalue weighted by Crippen LogP contribution is 2.51. The Labute approximate surface area is 257 Å². The first-order chi connectivity index (χ1) is 21.4. The quantitative estimate of drug-likeness (QED) is 0.0820. The molecule has 4 aromatic rings. The van der Waals surface area contributed by atoms with E-state index in [1.807, 2.05) is 0 Å². The Morgan fingerprint density at radius 2 is 1.76 bits per heavy atom. The van der Waals surface area contributed by atoms with Crippen molar-refractivity contribution in [3.63, 3.8) is 0 Å². The molecular formula is C18H20F2N11O10P2S2+. The summed E-state index contributed by atoms with van der Waals surface area (Å²) >= 11 is 8.73. The van der Waals surface area contributed by atoms with Crippen molar-refractivity contribution in [3.05, 3.63) is 27.0 Å². The fourth-order valence-electron chi connectivity index (χ4n) is 4.73. The summed E-state index contributed by atoms with van der Waals surface area (Å²) in [7, 11) is -2.69. The monoisotopic (exact) mass is 714 g/mol. The number of nitrogens with two attached hydrogens (primary N) is 1. The van der Waals surface area contributed by atoms with E-state index in [-0.39, 0.29) is 28.3 Å². The van der Waals surface area contributed by atoms with Crippen LogP contribution in [0.1, 0.15) is 12.5 Å². The van der Waals surface area contributed by atoms with Gasteiger partial charge in [0.1, 0.15) is 30.6 Å². The molecule has 0 bridgehead atoms. The molecule has 6 rings (SSSR count). The van der Waals surface area contributed by atoms with Crippen molar-refractivity contribution in [3.8, 4) is 0 Å². The highest BCUT2D eigenvalue weighted by atomic mass is 32.7. The zero-order valence-electron chi connectivity index (χ0n) is 21.9. The second-order valence-corrected chi connectivity index (χ2v) is 13.9. The Morgan fingerprint density at radius 1 is 1.09 bits per heavy atom. The van der Waals surface area contributed by atoms with E-state index in [1.165, 1.54) is 0 Å². The SMILES string of the molecule is Nc1nc2c(nnn2[C@@H]2O[C@H](CO)[C@@H](F)[C@H]2OP(O)(=S)OC[C@H]2O[C@@H](n3nnc4c(=O)[nH]cnc43)[C@@H](F)[C@@H]2O[P+](=O)S)c(=O)[nH]1. The van der Waals surface area contributed by atoms with Crippen LogP contribution < -0.4 is 16.9 Å². The van der Waals surface area contributed by atoms with Crippen LogP contribution in [-0.4, -0.2) is 110 Å². The molecule has 2 unspecified atom stereocenters. The average molecular weight is 715 g/mol. The number of ether oxygens (including phenoxy) is 2. The van der Waals surface area contributed by atoms with E-state index in [9.17, 15) is 24.2 Å². The van der Waals surface area contributed by atoms with Gasteiger partial charge in [-0.15, -0.1) is 14.7 Å². The van der Waals surface area contributed by atoms with Crippen LogP contribution in [0.25, 0.3) is 22.3 Å². The van der Waals surface area contributed by atoms with Crippen molar-refractivity contribution in [2.24, 2.45) is 0 Å². The number of aromatic amines is 2. The van der Waals surface area contributed by atoms with Crippen LogP contribution in [0, 0.1) is 0 Å². The number of hydrogen-bond donors (Lipinski definition) is 6. The van der Waals surface area contributed by atoms with Gasteiger partial charge in [-0.2, -0.15) is 14.3 Å². The molecule has 21 nitrogen and oxygen atoms in total. The molecule has 0 spiro atoms. The van der Waals surface area contributed by atoms with Crippen LogP contribution in [0.3, 0.4) is 0 Å². The van der Waals surface area contributed by atoms with Gasteiger partial charge in [-0.25, -0.2) is 13.8 Å². The Bertz CT molecular complexity index is 1930. The number of fused-ring (bicyclic) bond motifs is 2. The minimum Gasteiger partial charge on any atom is -0.394 e. The lowest BCUT2D eigenvalue weighted by Crippen LogP contribution is -2.34. The molecule has 0 aromatic carbocycles. The third kappa shape index (κ3) is 6.01. The largest absolute Gasteiger partial charge is 0.582 e. The molecule has 2 aliphatic rings. The lowest BCUT2D eigenvalue weighted by atomic mass is 10.1. The Balaban J connectivity index is 1.23. The third-order valence-electron chi connectivity index (χ3n) is 6.68. The Kier molecular flexibility index (Phi) is 8.77. The van der Waals surface area contributed by atoms with Crippen molar-refractivity contribution < 1.29 is 46.4 Å². The van der Waals surface area contributed by atoms with Gasteiger partial charge < -0.3 is 34.7 Å². The number of nitrogens with one attached hydrogen (secondary N) is 2. The summed E-state index contributed by atoms with van der Waals surface area (Å²) in [6.07, 6.45) is -12.8. The number of alkyl halides is 2. The second kappa shape index (κ2) is 12.3. The lowest BCUT2D eigenvalue weighted by Gasteiger charge is -2.25. The molecule has 10 atom stereocenters. The van der Waals surface area contributed by atoms with Gasteiger partial charge in [0.25, 0.3) is 11.1 Å². The maximum Gasteiger partial charge on any atom is 0.582 e. The number of aliphatic hydroxyl groups is 1. The minimum absolute atomic E-state index is 0.142. The first-order valence-corrected chi connectivity index (χ1v) is 17.4. The van der Waals surface area contributed by atoms with Crippen LogP contribution in [0.5, 0.6) is 0 Å². The van der Waals surface area contributed by atoms with Gasteiger partial charge in [0.15, 0.2) is 53.2 Å². The maximum absolute atomic E-state index is 15.6. The van der Waals surface area contributed by atoms with Gasteiger partial charge in [-0.3, -0.25) is 19.1 Å². The Hall–Kier alpha value is -2.96. The predicted molar refractivity (Wildman–Crippen MR) is 150 cm³/mol. The van der Waals surface area contributed by atoms with Crippen LogP contribution in [0.4, 0.5) is 14.7 Å². The van der Waals surface area contributed by atoms with Crippen molar-refractivity contribution in [1.82, 2.24) is 49.9 Å². The van der Waals surface area contributed by atoms with Gasteiger partial charge in [0, 0.05) is 0 Å². The van der Waals surface area contributed by atoms with Gasteiger partial charge in [0.2, 0.25) is 5.95 Å². The summed E-state index contributed by atoms with van der Waals surface area (Å²) in [4.78, 5) is 47.4. The van der Waals surface area contributed by atoms with E-state index in [2.05, 4.69) is 52.8 Å². The molecule has 0 aliphatic carbocycles. The van der Waals surface area contributed by atoms with Crippen molar-refractivity contribution in [1.29, 1.82) is 0 Å². The number of thiol groups is 1. The molecule has 0 amide bonds. The fraction of sp³-hybridized carbons (Fsp3) is 0.556. The molecule has 4 aromatic heterocycles. The van der Waals surface area contributed by atoms with E-state index in [1.54, 1.807) is 0 Å². The molecule has 6 heterocycles. The summed E-state index contributed by atoms with van der Waals surface area (Å²) in [6.45, 7) is -6.07. The summed E-state index contributed by atoms with van der Waals surface area (Å²) in [6, 6.07) is 0. The van der Waals surface area contributed by atoms with E-state index in [0.29, 0.717) is 0 Å². The van der Waals surface area contributed by atoms with Gasteiger partial charge in [-0.1, -0.05) is 10.4 Å². The first-order valence-electron chi connectivity index (χ1n) is 12.5. The number of nitrogen functional groups attached to an aromatic ring is 1. The third-order valence-corrected chi connectivity index (χ3v) is 8.95. The highest BCUT2D eigenvalue weighted by molar-refractivity contribution is 8.39. The number of aromatic nitrogens is 10. The van der Waals surface area contributed by atoms with E-state index in [4.69, 9.17) is 40.6 Å². The van der Waals surface area contributed by atoms with Gasteiger partial charge in [0.05, 0.1) is 19.5 Å².